The Balaban J connectivity index is 2.18. The molecule has 0 saturated carbocycles. The molecule has 24 heavy (non-hydrogen) atoms. The van der Waals surface area contributed by atoms with Crippen molar-refractivity contribution in [3.05, 3.63) is 83.7 Å². The molecule has 1 heterocycles. The summed E-state index contributed by atoms with van der Waals surface area (Å²) in [5.74, 6) is 0. The SMILES string of the molecule is C=C=Cc1cc(-c2cccnc2-c2ccc(C)c(C)c2)ccc1N. The van der Waals surface area contributed by atoms with E-state index in [9.17, 15) is 0 Å². The monoisotopic (exact) mass is 312 g/mol. The molecule has 2 aromatic carbocycles. The molecule has 2 heteroatoms. The summed E-state index contributed by atoms with van der Waals surface area (Å²) >= 11 is 0. The number of nitrogen functional groups attached to an aromatic ring is 1. The van der Waals surface area contributed by atoms with Crippen molar-refractivity contribution in [2.75, 3.05) is 5.73 Å². The number of nitrogens with two attached hydrogens (primary N) is 1. The van der Waals surface area contributed by atoms with Gasteiger partial charge in [-0.05, 0) is 60.9 Å². The molecule has 2 nitrogen and oxygen atoms in total. The molecule has 0 bridgehead atoms. The molecular formula is C22H20N2. The van der Waals surface area contributed by atoms with Crippen LogP contribution in [-0.4, -0.2) is 4.98 Å². The molecule has 0 aliphatic carbocycles. The summed E-state index contributed by atoms with van der Waals surface area (Å²) in [5, 5.41) is 0. The zero-order chi connectivity index (χ0) is 17.1. The number of rotatable bonds is 3. The van der Waals surface area contributed by atoms with Crippen LogP contribution < -0.4 is 5.73 Å². The Morgan fingerprint density at radius 1 is 1.00 bits per heavy atom. The molecule has 0 aliphatic heterocycles. The molecule has 0 atom stereocenters. The number of benzene rings is 2. The van der Waals surface area contributed by atoms with Crippen molar-refractivity contribution >= 4 is 11.8 Å². The zero-order valence-corrected chi connectivity index (χ0v) is 14.0. The van der Waals surface area contributed by atoms with E-state index >= 15 is 0 Å². The fourth-order valence-electron chi connectivity index (χ4n) is 2.73. The van der Waals surface area contributed by atoms with E-state index in [1.54, 1.807) is 6.08 Å². The molecule has 118 valence electrons. The predicted octanol–water partition coefficient (Wildman–Crippen LogP) is 5.41. The average molecular weight is 312 g/mol. The highest BCUT2D eigenvalue weighted by atomic mass is 14.7. The molecule has 2 N–H and O–H groups in total. The van der Waals surface area contributed by atoms with Crippen molar-refractivity contribution in [3.8, 4) is 22.4 Å². The van der Waals surface area contributed by atoms with Crippen LogP contribution in [0.1, 0.15) is 16.7 Å². The lowest BCUT2D eigenvalue weighted by Gasteiger charge is -2.12. The summed E-state index contributed by atoms with van der Waals surface area (Å²) in [6, 6.07) is 16.5. The van der Waals surface area contributed by atoms with Gasteiger partial charge in [0.05, 0.1) is 5.69 Å². The number of nitrogens with zero attached hydrogens (tertiary/aromatic N) is 1. The van der Waals surface area contributed by atoms with Crippen molar-refractivity contribution in [1.82, 2.24) is 4.98 Å². The minimum Gasteiger partial charge on any atom is -0.398 e. The number of hydrogen-bond donors (Lipinski definition) is 1. The van der Waals surface area contributed by atoms with Gasteiger partial charge in [-0.1, -0.05) is 30.8 Å². The molecule has 0 radical (unpaired) electrons. The molecule has 0 aliphatic rings. The second-order valence-electron chi connectivity index (χ2n) is 5.89. The van der Waals surface area contributed by atoms with Crippen molar-refractivity contribution in [3.63, 3.8) is 0 Å². The maximum Gasteiger partial charge on any atom is 0.0780 e. The van der Waals surface area contributed by atoms with E-state index in [0.29, 0.717) is 5.69 Å². The smallest absolute Gasteiger partial charge is 0.0780 e. The van der Waals surface area contributed by atoms with Gasteiger partial charge in [0.1, 0.15) is 0 Å². The Bertz CT molecular complexity index is 948. The second kappa shape index (κ2) is 6.57. The number of hydrogen-bond acceptors (Lipinski definition) is 2. The minimum absolute atomic E-state index is 0.714. The Kier molecular flexibility index (Phi) is 4.33. The summed E-state index contributed by atoms with van der Waals surface area (Å²) < 4.78 is 0. The first-order chi connectivity index (χ1) is 11.6. The Labute approximate surface area is 143 Å². The minimum atomic E-state index is 0.714. The first-order valence-corrected chi connectivity index (χ1v) is 7.88. The van der Waals surface area contributed by atoms with E-state index < -0.39 is 0 Å². The third-order valence-corrected chi connectivity index (χ3v) is 4.24. The van der Waals surface area contributed by atoms with E-state index in [-0.39, 0.29) is 0 Å². The van der Waals surface area contributed by atoms with Gasteiger partial charge in [-0.15, -0.1) is 5.73 Å². The molecular weight excluding hydrogens is 292 g/mol. The van der Waals surface area contributed by atoms with Crippen LogP contribution in [0.15, 0.2) is 67.0 Å². The van der Waals surface area contributed by atoms with Crippen molar-refractivity contribution < 1.29 is 0 Å². The van der Waals surface area contributed by atoms with Crippen LogP contribution in [0.4, 0.5) is 5.69 Å². The molecule has 3 rings (SSSR count). The van der Waals surface area contributed by atoms with Gasteiger partial charge < -0.3 is 5.73 Å². The Morgan fingerprint density at radius 2 is 1.79 bits per heavy atom. The number of anilines is 1. The quantitative estimate of drug-likeness (QED) is 0.518. The number of aromatic nitrogens is 1. The van der Waals surface area contributed by atoms with Crippen LogP contribution in [0.5, 0.6) is 0 Å². The van der Waals surface area contributed by atoms with Gasteiger partial charge in [0, 0.05) is 28.6 Å². The van der Waals surface area contributed by atoms with E-state index in [1.165, 1.54) is 11.1 Å². The summed E-state index contributed by atoms with van der Waals surface area (Å²) in [6.45, 7) is 7.87. The van der Waals surface area contributed by atoms with Gasteiger partial charge >= 0.3 is 0 Å². The Morgan fingerprint density at radius 3 is 2.54 bits per heavy atom. The van der Waals surface area contributed by atoms with Crippen LogP contribution in [0.2, 0.25) is 0 Å². The van der Waals surface area contributed by atoms with Gasteiger partial charge in [-0.3, -0.25) is 4.98 Å². The summed E-state index contributed by atoms with van der Waals surface area (Å²) in [7, 11) is 0. The number of pyridine rings is 1. The van der Waals surface area contributed by atoms with Crippen LogP contribution >= 0.6 is 0 Å². The number of aryl methyl sites for hydroxylation is 2. The van der Waals surface area contributed by atoms with Crippen molar-refractivity contribution in [1.29, 1.82) is 0 Å². The van der Waals surface area contributed by atoms with E-state index in [0.717, 1.165) is 27.9 Å². The first kappa shape index (κ1) is 15.8. The zero-order valence-electron chi connectivity index (χ0n) is 14.0. The average Bonchev–Trinajstić information content (AvgIpc) is 2.59. The van der Waals surface area contributed by atoms with Crippen LogP contribution in [0.3, 0.4) is 0 Å². The molecule has 0 unspecified atom stereocenters. The molecule has 0 saturated heterocycles. The molecule has 1 aromatic heterocycles. The van der Waals surface area contributed by atoms with Crippen molar-refractivity contribution in [2.45, 2.75) is 13.8 Å². The normalized spacial score (nSPS) is 10.2. The van der Waals surface area contributed by atoms with Gasteiger partial charge in [0.25, 0.3) is 0 Å². The van der Waals surface area contributed by atoms with Crippen LogP contribution in [-0.2, 0) is 0 Å². The lowest BCUT2D eigenvalue weighted by molar-refractivity contribution is 1.29. The largest absolute Gasteiger partial charge is 0.398 e. The highest BCUT2D eigenvalue weighted by molar-refractivity contribution is 5.83. The Hall–Kier alpha value is -3.09. The summed E-state index contributed by atoms with van der Waals surface area (Å²) in [6.07, 6.45) is 3.63. The predicted molar refractivity (Wildman–Crippen MR) is 103 cm³/mol. The molecule has 0 spiro atoms. The lowest BCUT2D eigenvalue weighted by Crippen LogP contribution is -1.93. The second-order valence-corrected chi connectivity index (χ2v) is 5.89. The van der Waals surface area contributed by atoms with Gasteiger partial charge in [0.2, 0.25) is 0 Å². The molecule has 3 aromatic rings. The standard InChI is InChI=1S/C22H20N2/c1-4-6-18-14-17(10-11-21(18)23)20-7-5-12-24-22(20)19-9-8-15(2)16(3)13-19/h5-14H,1,23H2,2-3H3. The summed E-state index contributed by atoms with van der Waals surface area (Å²) in [4.78, 5) is 4.62. The van der Waals surface area contributed by atoms with Gasteiger partial charge in [0.15, 0.2) is 0 Å². The molecule has 0 amide bonds. The van der Waals surface area contributed by atoms with E-state index in [2.05, 4.69) is 61.5 Å². The van der Waals surface area contributed by atoms with E-state index in [4.69, 9.17) is 5.73 Å². The maximum absolute atomic E-state index is 6.02. The third kappa shape index (κ3) is 3.01. The topological polar surface area (TPSA) is 38.9 Å². The van der Waals surface area contributed by atoms with E-state index in [1.807, 2.05) is 24.4 Å². The van der Waals surface area contributed by atoms with Gasteiger partial charge in [-0.2, -0.15) is 0 Å². The summed E-state index contributed by atoms with van der Waals surface area (Å²) in [5.41, 5.74) is 17.2. The first-order valence-electron chi connectivity index (χ1n) is 7.88. The third-order valence-electron chi connectivity index (χ3n) is 4.24. The van der Waals surface area contributed by atoms with Gasteiger partial charge in [-0.25, -0.2) is 0 Å². The van der Waals surface area contributed by atoms with Crippen LogP contribution in [0.25, 0.3) is 28.5 Å². The highest BCUT2D eigenvalue weighted by Crippen LogP contribution is 2.32. The molecule has 0 fully saturated rings. The van der Waals surface area contributed by atoms with Crippen LogP contribution in [0, 0.1) is 13.8 Å². The highest BCUT2D eigenvalue weighted by Gasteiger charge is 2.10. The fourth-order valence-corrected chi connectivity index (χ4v) is 2.73. The van der Waals surface area contributed by atoms with Crippen molar-refractivity contribution in [2.24, 2.45) is 0 Å². The lowest BCUT2D eigenvalue weighted by atomic mass is 9.95. The fraction of sp³-hybridized carbons (Fsp3) is 0.0909. The maximum atomic E-state index is 6.02.